The third-order valence-corrected chi connectivity index (χ3v) is 4.89. The van der Waals surface area contributed by atoms with Crippen LogP contribution in [-0.2, 0) is 4.74 Å². The number of nitrogens with zero attached hydrogens (tertiary/aromatic N) is 2. The number of piperazine rings is 1. The van der Waals surface area contributed by atoms with Crippen LogP contribution in [0.4, 0.5) is 0 Å². The SMILES string of the molecule is C=C(COC)N1CCN(C2CC=CC3=C2CCNC3)CC1. The van der Waals surface area contributed by atoms with Crippen molar-refractivity contribution in [2.24, 2.45) is 0 Å². The van der Waals surface area contributed by atoms with E-state index in [4.69, 9.17) is 4.74 Å². The Hall–Kier alpha value is -1.10. The van der Waals surface area contributed by atoms with Crippen molar-refractivity contribution in [2.45, 2.75) is 18.9 Å². The molecule has 0 bridgehead atoms. The summed E-state index contributed by atoms with van der Waals surface area (Å²) in [5, 5.41) is 3.48. The molecule has 2 aliphatic heterocycles. The number of rotatable bonds is 4. The molecule has 0 amide bonds. The first-order valence-electron chi connectivity index (χ1n) is 8.04. The van der Waals surface area contributed by atoms with Crippen LogP contribution in [0.25, 0.3) is 0 Å². The van der Waals surface area contributed by atoms with Gasteiger partial charge in [0.15, 0.2) is 0 Å². The zero-order valence-electron chi connectivity index (χ0n) is 13.1. The molecule has 21 heavy (non-hydrogen) atoms. The molecular weight excluding hydrogens is 262 g/mol. The lowest BCUT2D eigenvalue weighted by molar-refractivity contribution is 0.110. The van der Waals surface area contributed by atoms with Gasteiger partial charge in [-0.1, -0.05) is 18.7 Å². The average molecular weight is 289 g/mol. The maximum atomic E-state index is 5.19. The maximum Gasteiger partial charge on any atom is 0.0854 e. The summed E-state index contributed by atoms with van der Waals surface area (Å²) in [6, 6.07) is 0.630. The molecule has 0 radical (unpaired) electrons. The first-order chi connectivity index (χ1) is 10.3. The quantitative estimate of drug-likeness (QED) is 0.846. The van der Waals surface area contributed by atoms with E-state index in [-0.39, 0.29) is 0 Å². The van der Waals surface area contributed by atoms with E-state index in [2.05, 4.69) is 33.8 Å². The van der Waals surface area contributed by atoms with Gasteiger partial charge in [0, 0.05) is 51.6 Å². The summed E-state index contributed by atoms with van der Waals surface area (Å²) in [5.41, 5.74) is 4.33. The van der Waals surface area contributed by atoms with E-state index in [1.54, 1.807) is 12.7 Å². The van der Waals surface area contributed by atoms with Crippen molar-refractivity contribution >= 4 is 0 Å². The molecule has 3 aliphatic rings. The van der Waals surface area contributed by atoms with Crippen LogP contribution in [0.3, 0.4) is 0 Å². The summed E-state index contributed by atoms with van der Waals surface area (Å²) in [6.45, 7) is 11.4. The van der Waals surface area contributed by atoms with Gasteiger partial charge in [-0.05, 0) is 30.5 Å². The Bertz CT molecular complexity index is 447. The Balaban J connectivity index is 1.61. The fourth-order valence-electron chi connectivity index (χ4n) is 3.73. The maximum absolute atomic E-state index is 5.19. The lowest BCUT2D eigenvalue weighted by Crippen LogP contribution is -2.51. The standard InChI is InChI=1S/C17H27N3O/c1-14(13-21-2)19-8-10-20(11-9-19)17-5-3-4-15-12-18-7-6-16(15)17/h3-4,17-18H,1,5-13H2,2H3. The topological polar surface area (TPSA) is 27.7 Å². The monoisotopic (exact) mass is 289 g/mol. The van der Waals surface area contributed by atoms with E-state index >= 15 is 0 Å². The van der Waals surface area contributed by atoms with Crippen molar-refractivity contribution in [1.82, 2.24) is 15.1 Å². The summed E-state index contributed by atoms with van der Waals surface area (Å²) in [4.78, 5) is 5.04. The molecule has 1 N–H and O–H groups in total. The van der Waals surface area contributed by atoms with Crippen molar-refractivity contribution in [3.05, 3.63) is 35.6 Å². The molecule has 0 aromatic rings. The second-order valence-corrected chi connectivity index (χ2v) is 6.15. The second kappa shape index (κ2) is 6.77. The van der Waals surface area contributed by atoms with Gasteiger partial charge in [-0.25, -0.2) is 0 Å². The molecule has 2 heterocycles. The summed E-state index contributed by atoms with van der Waals surface area (Å²) in [5.74, 6) is 0. The van der Waals surface area contributed by atoms with Gasteiger partial charge in [-0.2, -0.15) is 0 Å². The van der Waals surface area contributed by atoms with Crippen molar-refractivity contribution in [3.63, 3.8) is 0 Å². The van der Waals surface area contributed by atoms with Crippen LogP contribution in [0.5, 0.6) is 0 Å². The molecule has 0 aromatic heterocycles. The van der Waals surface area contributed by atoms with Crippen LogP contribution in [-0.4, -0.2) is 68.8 Å². The third-order valence-electron chi connectivity index (χ3n) is 4.89. The number of hydrogen-bond acceptors (Lipinski definition) is 4. The van der Waals surface area contributed by atoms with Gasteiger partial charge in [-0.3, -0.25) is 4.90 Å². The Morgan fingerprint density at radius 1 is 1.38 bits per heavy atom. The van der Waals surface area contributed by atoms with Crippen molar-refractivity contribution in [3.8, 4) is 0 Å². The number of hydrogen-bond donors (Lipinski definition) is 1. The van der Waals surface area contributed by atoms with Gasteiger partial charge in [0.1, 0.15) is 0 Å². The summed E-state index contributed by atoms with van der Waals surface area (Å²) in [7, 11) is 1.74. The van der Waals surface area contributed by atoms with Gasteiger partial charge >= 0.3 is 0 Å². The molecule has 3 rings (SSSR count). The van der Waals surface area contributed by atoms with Crippen LogP contribution >= 0.6 is 0 Å². The lowest BCUT2D eigenvalue weighted by atomic mass is 9.87. The van der Waals surface area contributed by atoms with Crippen LogP contribution in [0, 0.1) is 0 Å². The van der Waals surface area contributed by atoms with Crippen LogP contribution in [0.15, 0.2) is 35.6 Å². The van der Waals surface area contributed by atoms with Crippen molar-refractivity contribution in [1.29, 1.82) is 0 Å². The highest BCUT2D eigenvalue weighted by atomic mass is 16.5. The molecule has 1 aliphatic carbocycles. The molecule has 4 nitrogen and oxygen atoms in total. The molecule has 1 unspecified atom stereocenters. The first kappa shape index (κ1) is 14.8. The Morgan fingerprint density at radius 2 is 2.19 bits per heavy atom. The fraction of sp³-hybridized carbons (Fsp3) is 0.647. The molecule has 0 spiro atoms. The van der Waals surface area contributed by atoms with E-state index in [0.29, 0.717) is 12.6 Å². The fourth-order valence-corrected chi connectivity index (χ4v) is 3.73. The van der Waals surface area contributed by atoms with E-state index in [9.17, 15) is 0 Å². The molecule has 1 fully saturated rings. The van der Waals surface area contributed by atoms with Crippen molar-refractivity contribution < 1.29 is 4.74 Å². The van der Waals surface area contributed by atoms with E-state index < -0.39 is 0 Å². The Kier molecular flexibility index (Phi) is 4.78. The van der Waals surface area contributed by atoms with E-state index in [1.165, 1.54) is 18.4 Å². The number of ether oxygens (including phenoxy) is 1. The van der Waals surface area contributed by atoms with Gasteiger partial charge in [0.25, 0.3) is 0 Å². The normalized spacial score (nSPS) is 26.9. The highest BCUT2D eigenvalue weighted by Gasteiger charge is 2.29. The predicted octanol–water partition coefficient (Wildman–Crippen LogP) is 1.38. The second-order valence-electron chi connectivity index (χ2n) is 6.15. The molecule has 0 saturated carbocycles. The predicted molar refractivity (Wildman–Crippen MR) is 86.2 cm³/mol. The molecule has 1 atom stereocenters. The molecular formula is C17H27N3O. The minimum atomic E-state index is 0.630. The first-order valence-corrected chi connectivity index (χ1v) is 8.04. The Labute approximate surface area is 128 Å². The van der Waals surface area contributed by atoms with Crippen LogP contribution in [0.1, 0.15) is 12.8 Å². The summed E-state index contributed by atoms with van der Waals surface area (Å²) in [6.07, 6.45) is 7.07. The average Bonchev–Trinajstić information content (AvgIpc) is 2.55. The van der Waals surface area contributed by atoms with Gasteiger partial charge in [0.2, 0.25) is 0 Å². The minimum absolute atomic E-state index is 0.630. The molecule has 1 saturated heterocycles. The highest BCUT2D eigenvalue weighted by Crippen LogP contribution is 2.29. The van der Waals surface area contributed by atoms with E-state index in [1.807, 2.05) is 0 Å². The van der Waals surface area contributed by atoms with Gasteiger partial charge < -0.3 is 15.0 Å². The molecule has 116 valence electrons. The zero-order chi connectivity index (χ0) is 14.7. The van der Waals surface area contributed by atoms with E-state index in [0.717, 1.165) is 45.0 Å². The largest absolute Gasteiger partial charge is 0.379 e. The van der Waals surface area contributed by atoms with Gasteiger partial charge in [-0.15, -0.1) is 0 Å². The zero-order valence-corrected chi connectivity index (χ0v) is 13.1. The lowest BCUT2D eigenvalue weighted by Gasteiger charge is -2.43. The minimum Gasteiger partial charge on any atom is -0.379 e. The smallest absolute Gasteiger partial charge is 0.0854 e. The molecule has 4 heteroatoms. The number of nitrogens with one attached hydrogen (secondary N) is 1. The van der Waals surface area contributed by atoms with Crippen LogP contribution in [0.2, 0.25) is 0 Å². The third kappa shape index (κ3) is 3.23. The summed E-state index contributed by atoms with van der Waals surface area (Å²) >= 11 is 0. The van der Waals surface area contributed by atoms with Crippen molar-refractivity contribution in [2.75, 3.05) is 53.0 Å². The van der Waals surface area contributed by atoms with Gasteiger partial charge in [0.05, 0.1) is 6.61 Å². The molecule has 0 aromatic carbocycles. The summed E-state index contributed by atoms with van der Waals surface area (Å²) < 4.78 is 5.19. The highest BCUT2D eigenvalue weighted by molar-refractivity contribution is 5.36. The number of methoxy groups -OCH3 is 1. The Morgan fingerprint density at radius 3 is 2.95 bits per heavy atom. The van der Waals surface area contributed by atoms with Crippen LogP contribution < -0.4 is 5.32 Å².